The number of piperidine rings is 1. The number of para-hydroxylation sites is 1. The number of fused-ring (bicyclic) bond motifs is 1. The van der Waals surface area contributed by atoms with Gasteiger partial charge in [0.2, 0.25) is 5.91 Å². The second kappa shape index (κ2) is 8.19. The van der Waals surface area contributed by atoms with Crippen LogP contribution < -0.4 is 5.32 Å². The van der Waals surface area contributed by atoms with Gasteiger partial charge >= 0.3 is 0 Å². The van der Waals surface area contributed by atoms with E-state index in [4.69, 9.17) is 4.98 Å². The summed E-state index contributed by atoms with van der Waals surface area (Å²) in [7, 11) is 0. The van der Waals surface area contributed by atoms with Crippen molar-refractivity contribution in [2.75, 3.05) is 19.6 Å². The number of amides is 2. The number of rotatable bonds is 5. The zero-order chi connectivity index (χ0) is 18.6. The molecule has 4 rings (SSSR count). The van der Waals surface area contributed by atoms with Gasteiger partial charge in [0.05, 0.1) is 15.2 Å². The number of nitrogens with zero attached hydrogens (tertiary/aromatic N) is 2. The van der Waals surface area contributed by atoms with Crippen LogP contribution in [0.4, 0.5) is 0 Å². The third-order valence-corrected chi connectivity index (χ3v) is 6.72. The van der Waals surface area contributed by atoms with E-state index < -0.39 is 0 Å². The molecule has 0 radical (unpaired) electrons. The molecule has 0 aliphatic carbocycles. The van der Waals surface area contributed by atoms with Crippen LogP contribution in [-0.4, -0.2) is 41.3 Å². The number of thiazole rings is 1. The Balaban J connectivity index is 1.32. The van der Waals surface area contributed by atoms with Gasteiger partial charge in [-0.1, -0.05) is 12.1 Å². The number of carbonyl (C=O) groups excluding carboxylic acids is 2. The second-order valence-corrected chi connectivity index (χ2v) is 8.56. The Hall–Kier alpha value is -2.25. The largest absolute Gasteiger partial charge is 0.351 e. The third kappa shape index (κ3) is 4.20. The highest BCUT2D eigenvalue weighted by atomic mass is 32.1. The highest BCUT2D eigenvalue weighted by Gasteiger charge is 2.26. The first-order chi connectivity index (χ1) is 13.2. The maximum Gasteiger partial charge on any atom is 0.252 e. The zero-order valence-electron chi connectivity index (χ0n) is 14.9. The Morgan fingerprint density at radius 3 is 2.96 bits per heavy atom. The third-order valence-electron chi connectivity index (χ3n) is 4.84. The number of aromatic nitrogens is 1. The summed E-state index contributed by atoms with van der Waals surface area (Å²) in [6.45, 7) is 1.88. The van der Waals surface area contributed by atoms with Crippen molar-refractivity contribution < 1.29 is 9.59 Å². The number of thiophene rings is 1. The van der Waals surface area contributed by atoms with Crippen LogP contribution in [0.25, 0.3) is 10.2 Å². The van der Waals surface area contributed by atoms with Crippen molar-refractivity contribution in [3.05, 3.63) is 51.7 Å². The maximum absolute atomic E-state index is 12.6. The average molecular weight is 400 g/mol. The van der Waals surface area contributed by atoms with Gasteiger partial charge in [0, 0.05) is 42.9 Å². The van der Waals surface area contributed by atoms with Gasteiger partial charge in [0.25, 0.3) is 5.91 Å². The predicted molar refractivity (Wildman–Crippen MR) is 109 cm³/mol. The van der Waals surface area contributed by atoms with E-state index in [2.05, 4.69) is 11.4 Å². The molecule has 1 aromatic carbocycles. The fraction of sp³-hybridized carbons (Fsp3) is 0.350. The number of likely N-dealkylation sites (tertiary alicyclic amines) is 1. The van der Waals surface area contributed by atoms with Crippen molar-refractivity contribution >= 4 is 44.7 Å². The molecule has 3 aromatic rings. The summed E-state index contributed by atoms with van der Waals surface area (Å²) >= 11 is 3.22. The molecule has 5 nitrogen and oxygen atoms in total. The summed E-state index contributed by atoms with van der Waals surface area (Å²) < 4.78 is 1.20. The van der Waals surface area contributed by atoms with Crippen LogP contribution >= 0.6 is 22.7 Å². The van der Waals surface area contributed by atoms with Gasteiger partial charge in [0.15, 0.2) is 0 Å². The summed E-state index contributed by atoms with van der Waals surface area (Å²) in [6.07, 6.45) is 2.40. The standard InChI is InChI=1S/C20H21N3O2S2/c24-18(7-9-21-19(25)15-8-11-26-13-15)23-10-3-4-14(12-23)20-22-16-5-1-2-6-17(16)27-20/h1-2,5-6,8,11,13-14H,3-4,7,9-10,12H2,(H,21,25)/t14-/m0/s1. The van der Waals surface area contributed by atoms with E-state index in [9.17, 15) is 9.59 Å². The van der Waals surface area contributed by atoms with Crippen LogP contribution in [0, 0.1) is 0 Å². The lowest BCUT2D eigenvalue weighted by Gasteiger charge is -2.32. The average Bonchev–Trinajstić information content (AvgIpc) is 3.37. The smallest absolute Gasteiger partial charge is 0.252 e. The van der Waals surface area contributed by atoms with Crippen LogP contribution in [0.3, 0.4) is 0 Å². The molecular formula is C20H21N3O2S2. The maximum atomic E-state index is 12.6. The van der Waals surface area contributed by atoms with Crippen molar-refractivity contribution in [2.45, 2.75) is 25.2 Å². The molecule has 7 heteroatoms. The number of nitrogens with one attached hydrogen (secondary N) is 1. The van der Waals surface area contributed by atoms with Crippen LogP contribution in [0.2, 0.25) is 0 Å². The summed E-state index contributed by atoms with van der Waals surface area (Å²) in [5.41, 5.74) is 1.69. The van der Waals surface area contributed by atoms with E-state index >= 15 is 0 Å². The van der Waals surface area contributed by atoms with Crippen molar-refractivity contribution in [3.8, 4) is 0 Å². The molecule has 1 aliphatic heterocycles. The lowest BCUT2D eigenvalue weighted by atomic mass is 9.98. The lowest BCUT2D eigenvalue weighted by molar-refractivity contribution is -0.132. The van der Waals surface area contributed by atoms with Crippen molar-refractivity contribution in [1.29, 1.82) is 0 Å². The van der Waals surface area contributed by atoms with E-state index in [1.165, 1.54) is 16.0 Å². The first kappa shape index (κ1) is 18.1. The number of carbonyl (C=O) groups is 2. The van der Waals surface area contributed by atoms with Crippen molar-refractivity contribution in [3.63, 3.8) is 0 Å². The molecule has 140 valence electrons. The van der Waals surface area contributed by atoms with Gasteiger partial charge in [0.1, 0.15) is 0 Å². The van der Waals surface area contributed by atoms with E-state index in [1.54, 1.807) is 17.4 Å². The van der Waals surface area contributed by atoms with E-state index in [0.29, 0.717) is 24.4 Å². The van der Waals surface area contributed by atoms with Crippen LogP contribution in [0.1, 0.15) is 40.5 Å². The minimum atomic E-state index is -0.116. The summed E-state index contributed by atoms with van der Waals surface area (Å²) in [5.74, 6) is 0.293. The topological polar surface area (TPSA) is 62.3 Å². The highest BCUT2D eigenvalue weighted by molar-refractivity contribution is 7.18. The first-order valence-electron chi connectivity index (χ1n) is 9.14. The number of hydrogen-bond acceptors (Lipinski definition) is 5. The fourth-order valence-electron chi connectivity index (χ4n) is 3.41. The second-order valence-electron chi connectivity index (χ2n) is 6.72. The molecule has 0 unspecified atom stereocenters. The number of benzene rings is 1. The lowest BCUT2D eigenvalue weighted by Crippen LogP contribution is -2.40. The van der Waals surface area contributed by atoms with Crippen LogP contribution in [0.15, 0.2) is 41.1 Å². The predicted octanol–water partition coefficient (Wildman–Crippen LogP) is 3.88. The van der Waals surface area contributed by atoms with E-state index in [1.807, 2.05) is 33.9 Å². The van der Waals surface area contributed by atoms with Gasteiger partial charge in [-0.05, 0) is 36.4 Å². The van der Waals surface area contributed by atoms with Crippen molar-refractivity contribution in [1.82, 2.24) is 15.2 Å². The molecule has 1 saturated heterocycles. The fourth-order valence-corrected chi connectivity index (χ4v) is 5.14. The van der Waals surface area contributed by atoms with Gasteiger partial charge in [-0.2, -0.15) is 11.3 Å². The minimum absolute atomic E-state index is 0.103. The van der Waals surface area contributed by atoms with Gasteiger partial charge in [-0.15, -0.1) is 11.3 Å². The summed E-state index contributed by atoms with van der Waals surface area (Å²) in [5, 5.41) is 7.63. The molecule has 2 aromatic heterocycles. The summed E-state index contributed by atoms with van der Waals surface area (Å²) in [4.78, 5) is 31.2. The van der Waals surface area contributed by atoms with Gasteiger partial charge in [-0.25, -0.2) is 4.98 Å². The summed E-state index contributed by atoms with van der Waals surface area (Å²) in [6, 6.07) is 9.96. The quantitative estimate of drug-likeness (QED) is 0.708. The monoisotopic (exact) mass is 399 g/mol. The van der Waals surface area contributed by atoms with E-state index in [0.717, 1.165) is 36.5 Å². The molecule has 1 atom stereocenters. The van der Waals surface area contributed by atoms with E-state index in [-0.39, 0.29) is 11.8 Å². The SMILES string of the molecule is O=C(NCCC(=O)N1CCC[C@H](c2nc3ccccc3s2)C1)c1ccsc1. The Kier molecular flexibility index (Phi) is 5.50. The molecule has 27 heavy (non-hydrogen) atoms. The van der Waals surface area contributed by atoms with Crippen molar-refractivity contribution in [2.24, 2.45) is 0 Å². The zero-order valence-corrected chi connectivity index (χ0v) is 16.5. The molecule has 1 fully saturated rings. The molecule has 1 N–H and O–H groups in total. The number of hydrogen-bond donors (Lipinski definition) is 1. The Bertz CT molecular complexity index is 903. The Labute approximate surface area is 166 Å². The highest BCUT2D eigenvalue weighted by Crippen LogP contribution is 2.33. The van der Waals surface area contributed by atoms with Gasteiger partial charge < -0.3 is 10.2 Å². The molecular weight excluding hydrogens is 378 g/mol. The molecule has 3 heterocycles. The molecule has 1 aliphatic rings. The Morgan fingerprint density at radius 1 is 1.26 bits per heavy atom. The first-order valence-corrected chi connectivity index (χ1v) is 10.9. The molecule has 0 saturated carbocycles. The van der Waals surface area contributed by atoms with Crippen LogP contribution in [0.5, 0.6) is 0 Å². The van der Waals surface area contributed by atoms with Crippen LogP contribution in [-0.2, 0) is 4.79 Å². The minimum Gasteiger partial charge on any atom is -0.351 e. The normalized spacial score (nSPS) is 17.2. The molecule has 0 spiro atoms. The molecule has 0 bridgehead atoms. The Morgan fingerprint density at radius 2 is 2.15 bits per heavy atom. The van der Waals surface area contributed by atoms with Gasteiger partial charge in [-0.3, -0.25) is 9.59 Å². The molecule has 2 amide bonds.